The fraction of sp³-hybridized carbons (Fsp3) is 0.350. The highest BCUT2D eigenvalue weighted by molar-refractivity contribution is 9.10. The van der Waals surface area contributed by atoms with Crippen LogP contribution in [0, 0.1) is 0 Å². The van der Waals surface area contributed by atoms with Crippen molar-refractivity contribution in [3.8, 4) is 0 Å². The van der Waals surface area contributed by atoms with Gasteiger partial charge in [-0.05, 0) is 42.9 Å². The average molecular weight is 401 g/mol. The number of fused-ring (bicyclic) bond motifs is 1. The van der Waals surface area contributed by atoms with Gasteiger partial charge in [0.1, 0.15) is 0 Å². The van der Waals surface area contributed by atoms with Crippen molar-refractivity contribution in [3.05, 3.63) is 58.6 Å². The zero-order valence-electron chi connectivity index (χ0n) is 14.9. The molecule has 0 fully saturated rings. The highest BCUT2D eigenvalue weighted by Gasteiger charge is 2.11. The number of anilines is 1. The van der Waals surface area contributed by atoms with Crippen LogP contribution in [0.4, 0.5) is 5.95 Å². The molecule has 132 valence electrons. The van der Waals surface area contributed by atoms with Crippen LogP contribution in [-0.2, 0) is 13.1 Å². The molecule has 0 radical (unpaired) electrons. The van der Waals surface area contributed by atoms with Gasteiger partial charge >= 0.3 is 0 Å². The van der Waals surface area contributed by atoms with Gasteiger partial charge in [-0.1, -0.05) is 54.0 Å². The molecule has 5 heteroatoms. The highest BCUT2D eigenvalue weighted by atomic mass is 79.9. The SMILES string of the molecule is CCN(CC)CCn1c(NCc2cccc(Br)c2)nc2ccccc21. The maximum Gasteiger partial charge on any atom is 0.204 e. The zero-order valence-corrected chi connectivity index (χ0v) is 16.5. The summed E-state index contributed by atoms with van der Waals surface area (Å²) in [5, 5.41) is 3.52. The summed E-state index contributed by atoms with van der Waals surface area (Å²) < 4.78 is 3.40. The Kier molecular flexibility index (Phi) is 6.10. The summed E-state index contributed by atoms with van der Waals surface area (Å²) in [6, 6.07) is 16.7. The Morgan fingerprint density at radius 2 is 1.88 bits per heavy atom. The Bertz CT molecular complexity index is 823. The van der Waals surface area contributed by atoms with Crippen LogP contribution in [0.1, 0.15) is 19.4 Å². The number of benzene rings is 2. The Hall–Kier alpha value is -1.85. The molecule has 0 aliphatic carbocycles. The van der Waals surface area contributed by atoms with E-state index in [1.54, 1.807) is 0 Å². The van der Waals surface area contributed by atoms with Crippen molar-refractivity contribution < 1.29 is 0 Å². The molecule has 0 saturated heterocycles. The fourth-order valence-electron chi connectivity index (χ4n) is 3.05. The molecule has 0 saturated carbocycles. The minimum absolute atomic E-state index is 0.758. The molecule has 1 N–H and O–H groups in total. The van der Waals surface area contributed by atoms with E-state index >= 15 is 0 Å². The number of imidazole rings is 1. The lowest BCUT2D eigenvalue weighted by molar-refractivity contribution is 0.292. The average Bonchev–Trinajstić information content (AvgIpc) is 2.99. The van der Waals surface area contributed by atoms with Gasteiger partial charge < -0.3 is 14.8 Å². The maximum absolute atomic E-state index is 4.80. The van der Waals surface area contributed by atoms with Gasteiger partial charge in [-0.2, -0.15) is 0 Å². The van der Waals surface area contributed by atoms with Gasteiger partial charge in [0, 0.05) is 24.1 Å². The van der Waals surface area contributed by atoms with Gasteiger partial charge in [-0.3, -0.25) is 0 Å². The molecule has 25 heavy (non-hydrogen) atoms. The molecule has 4 nitrogen and oxygen atoms in total. The van der Waals surface area contributed by atoms with Crippen LogP contribution in [0.3, 0.4) is 0 Å². The topological polar surface area (TPSA) is 33.1 Å². The number of nitrogens with zero attached hydrogens (tertiary/aromatic N) is 3. The molecular weight excluding hydrogens is 376 g/mol. The molecule has 1 heterocycles. The predicted molar refractivity (Wildman–Crippen MR) is 109 cm³/mol. The molecule has 0 atom stereocenters. The third-order valence-corrected chi connectivity index (χ3v) is 5.02. The molecular formula is C20H25BrN4. The molecule has 3 rings (SSSR count). The fourth-order valence-corrected chi connectivity index (χ4v) is 3.49. The number of rotatable bonds is 8. The number of nitrogens with one attached hydrogen (secondary N) is 1. The summed E-state index contributed by atoms with van der Waals surface area (Å²) in [5.74, 6) is 0.938. The Morgan fingerprint density at radius 3 is 2.64 bits per heavy atom. The first-order valence-electron chi connectivity index (χ1n) is 8.87. The van der Waals surface area contributed by atoms with Gasteiger partial charge in [0.2, 0.25) is 5.95 Å². The van der Waals surface area contributed by atoms with E-state index in [4.69, 9.17) is 4.98 Å². The lowest BCUT2D eigenvalue weighted by Gasteiger charge is -2.19. The molecule has 1 aromatic heterocycles. The number of hydrogen-bond acceptors (Lipinski definition) is 3. The summed E-state index contributed by atoms with van der Waals surface area (Å²) in [7, 11) is 0. The first-order chi connectivity index (χ1) is 12.2. The van der Waals surface area contributed by atoms with E-state index in [1.165, 1.54) is 11.1 Å². The van der Waals surface area contributed by atoms with Gasteiger partial charge in [0.15, 0.2) is 0 Å². The van der Waals surface area contributed by atoms with Gasteiger partial charge in [0.25, 0.3) is 0 Å². The number of likely N-dealkylation sites (N-methyl/N-ethyl adjacent to an activating group) is 1. The second kappa shape index (κ2) is 8.50. The second-order valence-electron chi connectivity index (χ2n) is 6.09. The van der Waals surface area contributed by atoms with Crippen molar-refractivity contribution >= 4 is 32.9 Å². The van der Waals surface area contributed by atoms with E-state index in [1.807, 2.05) is 12.1 Å². The lowest BCUT2D eigenvalue weighted by Crippen LogP contribution is -2.27. The molecule has 0 aliphatic heterocycles. The predicted octanol–water partition coefficient (Wildman–Crippen LogP) is 4.75. The van der Waals surface area contributed by atoms with E-state index in [9.17, 15) is 0 Å². The van der Waals surface area contributed by atoms with Crippen molar-refractivity contribution in [2.75, 3.05) is 25.0 Å². The van der Waals surface area contributed by atoms with Gasteiger partial charge in [0.05, 0.1) is 11.0 Å². The summed E-state index contributed by atoms with van der Waals surface area (Å²) in [6.07, 6.45) is 0. The minimum atomic E-state index is 0.758. The Balaban J connectivity index is 1.82. The number of halogens is 1. The van der Waals surface area contributed by atoms with Crippen LogP contribution in [0.25, 0.3) is 11.0 Å². The van der Waals surface area contributed by atoms with Crippen molar-refractivity contribution in [2.24, 2.45) is 0 Å². The van der Waals surface area contributed by atoms with Crippen LogP contribution < -0.4 is 5.32 Å². The standard InChI is InChI=1S/C20H25BrN4/c1-3-24(4-2)12-13-25-19-11-6-5-10-18(19)23-20(25)22-15-16-8-7-9-17(21)14-16/h5-11,14H,3-4,12-13,15H2,1-2H3,(H,22,23). The van der Waals surface area contributed by atoms with E-state index < -0.39 is 0 Å². The first kappa shape index (κ1) is 18.0. The largest absolute Gasteiger partial charge is 0.352 e. The van der Waals surface area contributed by atoms with Crippen LogP contribution in [0.5, 0.6) is 0 Å². The highest BCUT2D eigenvalue weighted by Crippen LogP contribution is 2.21. The minimum Gasteiger partial charge on any atom is -0.352 e. The molecule has 2 aromatic carbocycles. The summed E-state index contributed by atoms with van der Waals surface area (Å²) in [5.41, 5.74) is 3.46. The Morgan fingerprint density at radius 1 is 1.08 bits per heavy atom. The van der Waals surface area contributed by atoms with Crippen LogP contribution in [-0.4, -0.2) is 34.1 Å². The number of aromatic nitrogens is 2. The van der Waals surface area contributed by atoms with Crippen LogP contribution in [0.15, 0.2) is 53.0 Å². The third-order valence-electron chi connectivity index (χ3n) is 4.53. The molecule has 0 amide bonds. The van der Waals surface area contributed by atoms with E-state index in [2.05, 4.69) is 81.0 Å². The molecule has 0 unspecified atom stereocenters. The van der Waals surface area contributed by atoms with E-state index in [-0.39, 0.29) is 0 Å². The summed E-state index contributed by atoms with van der Waals surface area (Å²) in [6.45, 7) is 9.29. The third kappa shape index (κ3) is 4.41. The zero-order chi connectivity index (χ0) is 17.6. The molecule has 3 aromatic rings. The number of hydrogen-bond donors (Lipinski definition) is 1. The van der Waals surface area contributed by atoms with Crippen molar-refractivity contribution in [3.63, 3.8) is 0 Å². The van der Waals surface area contributed by atoms with E-state index in [0.29, 0.717) is 0 Å². The smallest absolute Gasteiger partial charge is 0.204 e. The molecule has 0 bridgehead atoms. The molecule has 0 aliphatic rings. The lowest BCUT2D eigenvalue weighted by atomic mass is 10.2. The number of para-hydroxylation sites is 2. The summed E-state index contributed by atoms with van der Waals surface area (Å²) >= 11 is 3.53. The van der Waals surface area contributed by atoms with Crippen molar-refractivity contribution in [2.45, 2.75) is 26.9 Å². The van der Waals surface area contributed by atoms with Crippen LogP contribution in [0.2, 0.25) is 0 Å². The van der Waals surface area contributed by atoms with Crippen LogP contribution >= 0.6 is 15.9 Å². The maximum atomic E-state index is 4.80. The molecule has 0 spiro atoms. The van der Waals surface area contributed by atoms with Gasteiger partial charge in [-0.25, -0.2) is 4.98 Å². The first-order valence-corrected chi connectivity index (χ1v) is 9.66. The van der Waals surface area contributed by atoms with Crippen molar-refractivity contribution in [1.29, 1.82) is 0 Å². The van der Waals surface area contributed by atoms with E-state index in [0.717, 1.165) is 48.7 Å². The second-order valence-corrected chi connectivity index (χ2v) is 7.00. The normalized spacial score (nSPS) is 11.4. The van der Waals surface area contributed by atoms with Gasteiger partial charge in [-0.15, -0.1) is 0 Å². The summed E-state index contributed by atoms with van der Waals surface area (Å²) in [4.78, 5) is 7.24. The van der Waals surface area contributed by atoms with Crippen molar-refractivity contribution in [1.82, 2.24) is 14.5 Å². The Labute approximate surface area is 158 Å². The monoisotopic (exact) mass is 400 g/mol. The quantitative estimate of drug-likeness (QED) is 0.591.